The molecule has 0 atom stereocenters. The van der Waals surface area contributed by atoms with Crippen LogP contribution in [0.3, 0.4) is 0 Å². The van der Waals surface area contributed by atoms with Crippen molar-refractivity contribution in [2.45, 2.75) is 32.6 Å². The Hall–Kier alpha value is -2.15. The Labute approximate surface area is 139 Å². The molecule has 2 rings (SSSR count). The zero-order valence-electron chi connectivity index (χ0n) is 13.6. The van der Waals surface area contributed by atoms with Crippen molar-refractivity contribution >= 4 is 22.4 Å². The molecule has 0 radical (unpaired) electrons. The van der Waals surface area contributed by atoms with Crippen LogP contribution in [0.15, 0.2) is 18.2 Å². The van der Waals surface area contributed by atoms with Crippen LogP contribution in [0.2, 0.25) is 0 Å². The second-order valence-corrected chi connectivity index (χ2v) is 6.08. The zero-order valence-corrected chi connectivity index (χ0v) is 14.4. The van der Waals surface area contributed by atoms with Crippen molar-refractivity contribution in [3.8, 4) is 11.5 Å². The topological polar surface area (TPSA) is 73.3 Å². The van der Waals surface area contributed by atoms with Gasteiger partial charge in [0.1, 0.15) is 16.5 Å². The molecule has 1 aromatic heterocycles. The molecule has 0 fully saturated rings. The van der Waals surface area contributed by atoms with Gasteiger partial charge in [-0.2, -0.15) is 0 Å². The summed E-state index contributed by atoms with van der Waals surface area (Å²) in [6.07, 6.45) is 2.86. The molecule has 6 nitrogen and oxygen atoms in total. The number of methoxy groups -OCH3 is 2. The van der Waals surface area contributed by atoms with Gasteiger partial charge in [-0.05, 0) is 30.5 Å². The number of nitrogens with zero attached hydrogens (tertiary/aromatic N) is 2. The van der Waals surface area contributed by atoms with E-state index < -0.39 is 0 Å². The van der Waals surface area contributed by atoms with E-state index in [9.17, 15) is 4.79 Å². The van der Waals surface area contributed by atoms with E-state index in [1.54, 1.807) is 20.3 Å². The molecule has 0 unspecified atom stereocenters. The first kappa shape index (κ1) is 17.2. The monoisotopic (exact) mass is 335 g/mol. The molecule has 1 aromatic carbocycles. The molecular weight excluding hydrogens is 314 g/mol. The number of amides is 1. The molecular formula is C16H21N3O3S. The SMILES string of the molecule is CCCc1nnc(NC(=O)CCc2cc(OC)cc(OC)c2)s1. The van der Waals surface area contributed by atoms with E-state index in [-0.39, 0.29) is 5.91 Å². The lowest BCUT2D eigenvalue weighted by Gasteiger charge is -2.08. The Kier molecular flexibility index (Phi) is 6.34. The quantitative estimate of drug-likeness (QED) is 0.802. The molecule has 124 valence electrons. The number of aryl methyl sites for hydroxylation is 2. The largest absolute Gasteiger partial charge is 0.497 e. The first-order valence-corrected chi connectivity index (χ1v) is 8.30. The van der Waals surface area contributed by atoms with Gasteiger partial charge < -0.3 is 14.8 Å². The number of rotatable bonds is 8. The van der Waals surface area contributed by atoms with Gasteiger partial charge in [0, 0.05) is 18.9 Å². The Morgan fingerprint density at radius 1 is 1.13 bits per heavy atom. The molecule has 1 N–H and O–H groups in total. The number of nitrogens with one attached hydrogen (secondary N) is 1. The van der Waals surface area contributed by atoms with Crippen LogP contribution in [0.4, 0.5) is 5.13 Å². The van der Waals surface area contributed by atoms with Crippen molar-refractivity contribution in [3.63, 3.8) is 0 Å². The maximum atomic E-state index is 12.0. The Morgan fingerprint density at radius 3 is 2.43 bits per heavy atom. The third-order valence-electron chi connectivity index (χ3n) is 3.23. The summed E-state index contributed by atoms with van der Waals surface area (Å²) in [4.78, 5) is 12.0. The van der Waals surface area contributed by atoms with Gasteiger partial charge in [-0.15, -0.1) is 10.2 Å². The number of carbonyl (C=O) groups is 1. The van der Waals surface area contributed by atoms with E-state index in [1.165, 1.54) is 11.3 Å². The van der Waals surface area contributed by atoms with Crippen LogP contribution in [0.5, 0.6) is 11.5 Å². The zero-order chi connectivity index (χ0) is 16.7. The minimum Gasteiger partial charge on any atom is -0.497 e. The Balaban J connectivity index is 1.90. The van der Waals surface area contributed by atoms with Crippen molar-refractivity contribution < 1.29 is 14.3 Å². The average molecular weight is 335 g/mol. The average Bonchev–Trinajstić information content (AvgIpc) is 3.00. The fourth-order valence-electron chi connectivity index (χ4n) is 2.07. The van der Waals surface area contributed by atoms with Crippen molar-refractivity contribution in [2.75, 3.05) is 19.5 Å². The van der Waals surface area contributed by atoms with Crippen molar-refractivity contribution in [1.82, 2.24) is 10.2 Å². The van der Waals surface area contributed by atoms with E-state index in [2.05, 4.69) is 22.4 Å². The van der Waals surface area contributed by atoms with Gasteiger partial charge in [-0.25, -0.2) is 0 Å². The molecule has 0 aliphatic rings. The molecule has 0 saturated heterocycles. The van der Waals surface area contributed by atoms with Crippen LogP contribution in [-0.4, -0.2) is 30.3 Å². The normalized spacial score (nSPS) is 10.4. The number of hydrogen-bond donors (Lipinski definition) is 1. The van der Waals surface area contributed by atoms with E-state index in [0.717, 1.165) is 23.4 Å². The molecule has 23 heavy (non-hydrogen) atoms. The number of hydrogen-bond acceptors (Lipinski definition) is 6. The highest BCUT2D eigenvalue weighted by molar-refractivity contribution is 7.15. The number of aromatic nitrogens is 2. The van der Waals surface area contributed by atoms with Crippen LogP contribution in [0.25, 0.3) is 0 Å². The molecule has 0 aliphatic carbocycles. The van der Waals surface area contributed by atoms with Gasteiger partial charge in [0.2, 0.25) is 11.0 Å². The number of carbonyl (C=O) groups excluding carboxylic acids is 1. The van der Waals surface area contributed by atoms with Gasteiger partial charge >= 0.3 is 0 Å². The van der Waals surface area contributed by atoms with Crippen LogP contribution in [0.1, 0.15) is 30.3 Å². The lowest BCUT2D eigenvalue weighted by Crippen LogP contribution is -2.12. The van der Waals surface area contributed by atoms with E-state index in [1.807, 2.05) is 12.1 Å². The van der Waals surface area contributed by atoms with E-state index in [0.29, 0.717) is 29.5 Å². The first-order chi connectivity index (χ1) is 11.1. The van der Waals surface area contributed by atoms with Crippen LogP contribution in [0, 0.1) is 0 Å². The lowest BCUT2D eigenvalue weighted by atomic mass is 10.1. The summed E-state index contributed by atoms with van der Waals surface area (Å²) in [5, 5.41) is 12.3. The number of anilines is 1. The minimum absolute atomic E-state index is 0.0778. The summed E-state index contributed by atoms with van der Waals surface area (Å²) < 4.78 is 10.5. The lowest BCUT2D eigenvalue weighted by molar-refractivity contribution is -0.116. The highest BCUT2D eigenvalue weighted by atomic mass is 32.1. The molecule has 7 heteroatoms. The molecule has 2 aromatic rings. The number of benzene rings is 1. The summed E-state index contributed by atoms with van der Waals surface area (Å²) in [6, 6.07) is 5.61. The van der Waals surface area contributed by atoms with Crippen LogP contribution < -0.4 is 14.8 Å². The summed E-state index contributed by atoms with van der Waals surface area (Å²) in [7, 11) is 3.21. The smallest absolute Gasteiger partial charge is 0.226 e. The highest BCUT2D eigenvalue weighted by Crippen LogP contribution is 2.23. The standard InChI is InChI=1S/C16H21N3O3S/c1-4-5-15-18-19-16(23-15)17-14(20)7-6-11-8-12(21-2)10-13(9-11)22-3/h8-10H,4-7H2,1-3H3,(H,17,19,20). The highest BCUT2D eigenvalue weighted by Gasteiger charge is 2.09. The van der Waals surface area contributed by atoms with Crippen molar-refractivity contribution in [1.29, 1.82) is 0 Å². The molecule has 0 saturated carbocycles. The van der Waals surface area contributed by atoms with E-state index in [4.69, 9.17) is 9.47 Å². The predicted molar refractivity (Wildman–Crippen MR) is 90.4 cm³/mol. The second-order valence-electron chi connectivity index (χ2n) is 5.02. The summed E-state index contributed by atoms with van der Waals surface area (Å²) in [5.41, 5.74) is 0.986. The maximum Gasteiger partial charge on any atom is 0.226 e. The predicted octanol–water partition coefficient (Wildman–Crippen LogP) is 3.08. The van der Waals surface area contributed by atoms with Crippen LogP contribution in [-0.2, 0) is 17.6 Å². The Morgan fingerprint density at radius 2 is 1.83 bits per heavy atom. The van der Waals surface area contributed by atoms with Gasteiger partial charge in [-0.3, -0.25) is 4.79 Å². The molecule has 1 heterocycles. The van der Waals surface area contributed by atoms with Crippen molar-refractivity contribution in [3.05, 3.63) is 28.8 Å². The Bertz CT molecular complexity index is 636. The molecule has 0 spiro atoms. The van der Waals surface area contributed by atoms with Crippen molar-refractivity contribution in [2.24, 2.45) is 0 Å². The number of ether oxygens (including phenoxy) is 2. The van der Waals surface area contributed by atoms with Gasteiger partial charge in [0.05, 0.1) is 14.2 Å². The maximum absolute atomic E-state index is 12.0. The first-order valence-electron chi connectivity index (χ1n) is 7.48. The molecule has 0 aliphatic heterocycles. The minimum atomic E-state index is -0.0778. The third kappa shape index (κ3) is 5.21. The summed E-state index contributed by atoms with van der Waals surface area (Å²) >= 11 is 1.43. The van der Waals surface area contributed by atoms with Gasteiger partial charge in [-0.1, -0.05) is 18.3 Å². The fourth-order valence-corrected chi connectivity index (χ4v) is 2.93. The molecule has 0 bridgehead atoms. The van der Waals surface area contributed by atoms with E-state index >= 15 is 0 Å². The van der Waals surface area contributed by atoms with Crippen LogP contribution >= 0.6 is 11.3 Å². The second kappa shape index (κ2) is 8.47. The fraction of sp³-hybridized carbons (Fsp3) is 0.438. The summed E-state index contributed by atoms with van der Waals surface area (Å²) in [6.45, 7) is 2.09. The van der Waals surface area contributed by atoms with Gasteiger partial charge in [0.25, 0.3) is 0 Å². The van der Waals surface area contributed by atoms with Gasteiger partial charge in [0.15, 0.2) is 0 Å². The third-order valence-corrected chi connectivity index (χ3v) is 4.13. The summed E-state index contributed by atoms with van der Waals surface area (Å²) in [5.74, 6) is 1.35. The molecule has 1 amide bonds.